The predicted octanol–water partition coefficient (Wildman–Crippen LogP) is 6.36. The highest BCUT2D eigenvalue weighted by Crippen LogP contribution is 2.67. The lowest BCUT2D eigenvalue weighted by molar-refractivity contribution is -0.134. The number of benzene rings is 1. The Hall–Kier alpha value is -1.68. The van der Waals surface area contributed by atoms with Gasteiger partial charge >= 0.3 is 0 Å². The number of aromatic nitrogens is 1. The number of nitrogens with zero attached hydrogens (tertiary/aromatic N) is 1. The van der Waals surface area contributed by atoms with Crippen LogP contribution in [0.2, 0.25) is 0 Å². The second kappa shape index (κ2) is 6.41. The maximum atomic E-state index is 12.7. The van der Waals surface area contributed by atoms with Crippen LogP contribution in [0.1, 0.15) is 75.3 Å². The Labute approximate surface area is 182 Å². The van der Waals surface area contributed by atoms with Gasteiger partial charge in [0, 0.05) is 28.2 Å². The van der Waals surface area contributed by atoms with Gasteiger partial charge in [0.05, 0.1) is 5.69 Å². The van der Waals surface area contributed by atoms with Crippen LogP contribution in [0.25, 0.3) is 10.6 Å². The zero-order valence-corrected chi connectivity index (χ0v) is 18.8. The Bertz CT molecular complexity index is 1010. The van der Waals surface area contributed by atoms with E-state index in [1.807, 2.05) is 23.5 Å². The van der Waals surface area contributed by atoms with Crippen LogP contribution in [0, 0.1) is 28.6 Å². The number of thiazole rings is 1. The van der Waals surface area contributed by atoms with Gasteiger partial charge in [0.15, 0.2) is 0 Å². The monoisotopic (exact) mass is 421 g/mol. The van der Waals surface area contributed by atoms with Crippen molar-refractivity contribution in [3.05, 3.63) is 34.8 Å². The van der Waals surface area contributed by atoms with E-state index >= 15 is 0 Å². The summed E-state index contributed by atoms with van der Waals surface area (Å²) >= 11 is 1.89. The van der Waals surface area contributed by atoms with Crippen molar-refractivity contribution in [2.75, 3.05) is 0 Å². The van der Waals surface area contributed by atoms with Gasteiger partial charge in [-0.1, -0.05) is 13.8 Å². The highest BCUT2D eigenvalue weighted by atomic mass is 32.1. The molecule has 4 aliphatic carbocycles. The number of phenols is 1. The molecule has 6 atom stereocenters. The Morgan fingerprint density at radius 3 is 2.60 bits per heavy atom. The second-order valence-electron chi connectivity index (χ2n) is 10.8. The molecule has 0 spiro atoms. The molecule has 3 fully saturated rings. The van der Waals surface area contributed by atoms with Crippen LogP contribution in [0.5, 0.6) is 5.75 Å². The molecule has 4 aliphatic rings. The topological polar surface area (TPSA) is 50.2 Å². The summed E-state index contributed by atoms with van der Waals surface area (Å²) in [5.41, 5.74) is 2.75. The fraction of sp³-hybridized carbons (Fsp3) is 0.615. The maximum Gasteiger partial charge on any atom is 0.139 e. The molecule has 4 heteroatoms. The molecule has 2 aromatic rings. The smallest absolute Gasteiger partial charge is 0.139 e. The molecular formula is C26H31NO2S. The molecule has 0 bridgehead atoms. The molecular weight excluding hydrogens is 390 g/mol. The largest absolute Gasteiger partial charge is 0.508 e. The Morgan fingerprint density at radius 1 is 1.00 bits per heavy atom. The molecule has 1 N–H and O–H groups in total. The lowest BCUT2D eigenvalue weighted by Crippen LogP contribution is -2.52. The third-order valence-corrected chi connectivity index (χ3v) is 10.9. The highest BCUT2D eigenvalue weighted by molar-refractivity contribution is 7.15. The predicted molar refractivity (Wildman–Crippen MR) is 120 cm³/mol. The van der Waals surface area contributed by atoms with Gasteiger partial charge in [0.1, 0.15) is 16.5 Å². The standard InChI is InChI=1S/C26H31NO2S/c1-25-14-12-21-23(30-24(27-21)15-3-5-16(28)6-4-15)20(25)8-7-17-18-9-10-22(29)26(18,2)13-11-19(17)25/h3-6,17-20,28H,7-14H2,1-2H3/t17-,18-,19-,20-,25+,26-/m0/s1. The molecule has 30 heavy (non-hydrogen) atoms. The van der Waals surface area contributed by atoms with Crippen molar-refractivity contribution in [3.8, 4) is 16.3 Å². The third kappa shape index (κ3) is 2.49. The number of ketones is 1. The lowest BCUT2D eigenvalue weighted by Gasteiger charge is -2.59. The van der Waals surface area contributed by atoms with Crippen molar-refractivity contribution in [2.45, 2.75) is 71.1 Å². The van der Waals surface area contributed by atoms with Crippen LogP contribution < -0.4 is 0 Å². The van der Waals surface area contributed by atoms with E-state index in [9.17, 15) is 9.90 Å². The van der Waals surface area contributed by atoms with Gasteiger partial charge in [0.25, 0.3) is 0 Å². The summed E-state index contributed by atoms with van der Waals surface area (Å²) in [5, 5.41) is 10.7. The Morgan fingerprint density at radius 2 is 1.80 bits per heavy atom. The van der Waals surface area contributed by atoms with Crippen molar-refractivity contribution in [1.29, 1.82) is 0 Å². The van der Waals surface area contributed by atoms with Gasteiger partial charge in [-0.2, -0.15) is 0 Å². The van der Waals surface area contributed by atoms with Gasteiger partial charge in [-0.15, -0.1) is 11.3 Å². The number of fused-ring (bicyclic) bond motifs is 7. The van der Waals surface area contributed by atoms with Gasteiger partial charge in [-0.05, 0) is 92.4 Å². The van der Waals surface area contributed by atoms with E-state index in [-0.39, 0.29) is 5.41 Å². The third-order valence-electron chi connectivity index (χ3n) is 9.64. The number of carbonyl (C=O) groups is 1. The molecule has 0 aliphatic heterocycles. The van der Waals surface area contributed by atoms with E-state index in [4.69, 9.17) is 4.98 Å². The quantitative estimate of drug-likeness (QED) is 0.583. The molecule has 6 rings (SSSR count). The number of aromatic hydroxyl groups is 1. The van der Waals surface area contributed by atoms with E-state index in [1.165, 1.54) is 36.3 Å². The molecule has 0 unspecified atom stereocenters. The average Bonchev–Trinajstić information content (AvgIpc) is 3.29. The second-order valence-corrected chi connectivity index (χ2v) is 11.8. The van der Waals surface area contributed by atoms with Gasteiger partial charge in [-0.25, -0.2) is 4.98 Å². The molecule has 0 amide bonds. The first-order valence-electron chi connectivity index (χ1n) is 11.7. The summed E-state index contributed by atoms with van der Waals surface area (Å²) in [6, 6.07) is 7.48. The number of carbonyl (C=O) groups excluding carboxylic acids is 1. The first-order valence-corrected chi connectivity index (χ1v) is 12.5. The van der Waals surface area contributed by atoms with E-state index < -0.39 is 0 Å². The number of rotatable bonds is 1. The van der Waals surface area contributed by atoms with Crippen LogP contribution in [0.4, 0.5) is 0 Å². The zero-order valence-electron chi connectivity index (χ0n) is 18.0. The van der Waals surface area contributed by atoms with Crippen molar-refractivity contribution in [3.63, 3.8) is 0 Å². The highest BCUT2D eigenvalue weighted by Gasteiger charge is 2.60. The molecule has 158 valence electrons. The van der Waals surface area contributed by atoms with Gasteiger partial charge in [0.2, 0.25) is 0 Å². The van der Waals surface area contributed by atoms with Crippen LogP contribution in [-0.4, -0.2) is 15.9 Å². The molecule has 3 nitrogen and oxygen atoms in total. The molecule has 1 aromatic heterocycles. The number of aryl methyl sites for hydroxylation is 1. The Balaban J connectivity index is 1.34. The van der Waals surface area contributed by atoms with Crippen molar-refractivity contribution < 1.29 is 9.90 Å². The van der Waals surface area contributed by atoms with E-state index in [2.05, 4.69) is 13.8 Å². The van der Waals surface area contributed by atoms with Crippen molar-refractivity contribution in [1.82, 2.24) is 4.98 Å². The normalized spacial score (nSPS) is 39.7. The number of hydrogen-bond donors (Lipinski definition) is 1. The number of Topliss-reactive ketones (excluding diaryl/α,β-unsaturated/α-hetero) is 1. The van der Waals surface area contributed by atoms with Gasteiger partial charge in [-0.3, -0.25) is 4.79 Å². The zero-order chi connectivity index (χ0) is 20.7. The van der Waals surface area contributed by atoms with Crippen molar-refractivity contribution in [2.24, 2.45) is 28.6 Å². The minimum absolute atomic E-state index is 0.0271. The molecule has 0 radical (unpaired) electrons. The van der Waals surface area contributed by atoms with E-state index in [0.29, 0.717) is 28.8 Å². The summed E-state index contributed by atoms with van der Waals surface area (Å²) in [6.07, 6.45) is 9.15. The molecule has 1 heterocycles. The van der Waals surface area contributed by atoms with E-state index in [0.717, 1.165) is 48.1 Å². The minimum atomic E-state index is -0.0271. The maximum absolute atomic E-state index is 12.7. The lowest BCUT2D eigenvalue weighted by atomic mass is 9.46. The van der Waals surface area contributed by atoms with Crippen LogP contribution in [-0.2, 0) is 11.2 Å². The fourth-order valence-corrected chi connectivity index (χ4v) is 9.36. The van der Waals surface area contributed by atoms with E-state index in [1.54, 1.807) is 12.1 Å². The van der Waals surface area contributed by atoms with Gasteiger partial charge < -0.3 is 5.11 Å². The number of phenolic OH excluding ortho intramolecular Hbond substituents is 1. The SMILES string of the molecule is C[C@]12CCc3nc(-c4ccc(O)cc4)sc3[C@@H]1CC[C@@H]1[C@@H]2CC[C@]2(C)C(=O)CC[C@@H]12. The first-order chi connectivity index (χ1) is 14.4. The molecule has 3 saturated carbocycles. The summed E-state index contributed by atoms with van der Waals surface area (Å²) in [4.78, 5) is 19.2. The average molecular weight is 422 g/mol. The fourth-order valence-electron chi connectivity index (χ4n) is 7.95. The summed E-state index contributed by atoms with van der Waals surface area (Å²) in [5.74, 6) is 3.59. The first kappa shape index (κ1) is 19.0. The summed E-state index contributed by atoms with van der Waals surface area (Å²) in [6.45, 7) is 4.85. The summed E-state index contributed by atoms with van der Waals surface area (Å²) < 4.78 is 0. The minimum Gasteiger partial charge on any atom is -0.508 e. The number of hydrogen-bond acceptors (Lipinski definition) is 4. The Kier molecular flexibility index (Phi) is 4.07. The van der Waals surface area contributed by atoms with Crippen molar-refractivity contribution >= 4 is 17.1 Å². The van der Waals surface area contributed by atoms with Crippen LogP contribution in [0.15, 0.2) is 24.3 Å². The van der Waals surface area contributed by atoms with Crippen LogP contribution >= 0.6 is 11.3 Å². The molecule has 1 aromatic carbocycles. The van der Waals surface area contributed by atoms with Crippen LogP contribution in [0.3, 0.4) is 0 Å². The summed E-state index contributed by atoms with van der Waals surface area (Å²) in [7, 11) is 0. The molecule has 0 saturated heterocycles.